The lowest BCUT2D eigenvalue weighted by Crippen LogP contribution is -2.31. The summed E-state index contributed by atoms with van der Waals surface area (Å²) >= 11 is 0. The minimum absolute atomic E-state index is 0.433. The van der Waals surface area contributed by atoms with Crippen molar-refractivity contribution in [2.45, 2.75) is 25.6 Å². The van der Waals surface area contributed by atoms with Crippen LogP contribution in [0.5, 0.6) is 0 Å². The highest BCUT2D eigenvalue weighted by Gasteiger charge is 2.23. The lowest BCUT2D eigenvalue weighted by atomic mass is 10.1. The van der Waals surface area contributed by atoms with Crippen LogP contribution in [0, 0.1) is 0 Å². The van der Waals surface area contributed by atoms with Gasteiger partial charge in [0.15, 0.2) is 0 Å². The van der Waals surface area contributed by atoms with Crippen LogP contribution in [0.4, 0.5) is 4.79 Å². The topological polar surface area (TPSA) is 47.0 Å². The Labute approximate surface area is 126 Å². The van der Waals surface area contributed by atoms with Crippen molar-refractivity contribution in [3.05, 3.63) is 35.4 Å². The average molecular weight is 291 g/mol. The predicted molar refractivity (Wildman–Crippen MR) is 83.3 cm³/mol. The van der Waals surface area contributed by atoms with Gasteiger partial charge in [0.2, 0.25) is 0 Å². The Morgan fingerprint density at radius 1 is 1.24 bits per heavy atom. The Balaban J connectivity index is 1.87. The molecule has 0 radical (unpaired) electrons. The van der Waals surface area contributed by atoms with Gasteiger partial charge in [-0.15, -0.1) is 0 Å². The maximum absolute atomic E-state index is 10.8. The molecule has 1 atom stereocenters. The molecule has 1 N–H and O–H groups in total. The number of rotatable bonds is 5. The summed E-state index contributed by atoms with van der Waals surface area (Å²) in [6.07, 6.45) is 0.333. The smallest absolute Gasteiger partial charge is 0.407 e. The first-order valence-electron chi connectivity index (χ1n) is 7.36. The summed E-state index contributed by atoms with van der Waals surface area (Å²) in [5, 5.41) is 8.87. The fourth-order valence-electron chi connectivity index (χ4n) is 2.73. The van der Waals surface area contributed by atoms with Gasteiger partial charge in [-0.1, -0.05) is 24.3 Å². The SMILES string of the molecule is CN(Cc1ccc(CN2CCC(N(C)C)C2)cc1)C(=O)O. The van der Waals surface area contributed by atoms with Gasteiger partial charge in [0, 0.05) is 39.3 Å². The highest BCUT2D eigenvalue weighted by Crippen LogP contribution is 2.17. The average Bonchev–Trinajstić information content (AvgIpc) is 2.89. The zero-order valence-corrected chi connectivity index (χ0v) is 13.1. The summed E-state index contributed by atoms with van der Waals surface area (Å²) < 4.78 is 0. The van der Waals surface area contributed by atoms with E-state index in [4.69, 9.17) is 5.11 Å². The van der Waals surface area contributed by atoms with Crippen LogP contribution < -0.4 is 0 Å². The standard InChI is InChI=1S/C16H25N3O2/c1-17(2)15-8-9-19(12-15)11-14-6-4-13(5-7-14)10-18(3)16(20)21/h4-7,15H,8-12H2,1-3H3,(H,20,21). The van der Waals surface area contributed by atoms with Gasteiger partial charge in [-0.25, -0.2) is 4.79 Å². The molecule has 0 aromatic heterocycles. The quantitative estimate of drug-likeness (QED) is 0.900. The minimum Gasteiger partial charge on any atom is -0.465 e. The summed E-state index contributed by atoms with van der Waals surface area (Å²) in [4.78, 5) is 16.9. The predicted octanol–water partition coefficient (Wildman–Crippen LogP) is 1.93. The number of likely N-dealkylation sites (N-methyl/N-ethyl adjacent to an activating group) is 1. The Morgan fingerprint density at radius 3 is 2.38 bits per heavy atom. The van der Waals surface area contributed by atoms with Crippen molar-refractivity contribution in [3.8, 4) is 0 Å². The van der Waals surface area contributed by atoms with Crippen molar-refractivity contribution in [1.29, 1.82) is 0 Å². The Hall–Kier alpha value is -1.59. The summed E-state index contributed by atoms with van der Waals surface area (Å²) in [5.74, 6) is 0. The summed E-state index contributed by atoms with van der Waals surface area (Å²) in [6.45, 7) is 3.67. The molecule has 1 amide bonds. The van der Waals surface area contributed by atoms with E-state index in [2.05, 4.69) is 36.0 Å². The molecular weight excluding hydrogens is 266 g/mol. The van der Waals surface area contributed by atoms with Crippen LogP contribution in [0.2, 0.25) is 0 Å². The number of benzene rings is 1. The van der Waals surface area contributed by atoms with E-state index in [1.54, 1.807) is 7.05 Å². The molecule has 2 rings (SSSR count). The van der Waals surface area contributed by atoms with E-state index < -0.39 is 6.09 Å². The van der Waals surface area contributed by atoms with E-state index in [0.717, 1.165) is 25.2 Å². The maximum atomic E-state index is 10.8. The zero-order valence-electron chi connectivity index (χ0n) is 13.1. The zero-order chi connectivity index (χ0) is 15.4. The molecule has 1 heterocycles. The highest BCUT2D eigenvalue weighted by molar-refractivity contribution is 5.64. The summed E-state index contributed by atoms with van der Waals surface area (Å²) in [6, 6.07) is 8.92. The number of nitrogens with zero attached hydrogens (tertiary/aromatic N) is 3. The molecule has 5 nitrogen and oxygen atoms in total. The van der Waals surface area contributed by atoms with Crippen LogP contribution in [0.1, 0.15) is 17.5 Å². The molecule has 0 bridgehead atoms. The van der Waals surface area contributed by atoms with E-state index >= 15 is 0 Å². The number of hydrogen-bond acceptors (Lipinski definition) is 3. The third-order valence-electron chi connectivity index (χ3n) is 4.15. The first-order chi connectivity index (χ1) is 9.95. The highest BCUT2D eigenvalue weighted by atomic mass is 16.4. The number of carboxylic acid groups (broad SMARTS) is 1. The molecule has 1 aromatic carbocycles. The molecule has 1 aliphatic rings. The fraction of sp³-hybridized carbons (Fsp3) is 0.562. The van der Waals surface area contributed by atoms with Gasteiger partial charge in [-0.2, -0.15) is 0 Å². The monoisotopic (exact) mass is 291 g/mol. The van der Waals surface area contributed by atoms with Gasteiger partial charge in [-0.3, -0.25) is 4.90 Å². The van der Waals surface area contributed by atoms with Crippen LogP contribution in [0.3, 0.4) is 0 Å². The number of amides is 1. The lowest BCUT2D eigenvalue weighted by molar-refractivity contribution is 0.154. The van der Waals surface area contributed by atoms with E-state index in [1.807, 2.05) is 12.1 Å². The molecule has 116 valence electrons. The van der Waals surface area contributed by atoms with Crippen LogP contribution >= 0.6 is 0 Å². The number of likely N-dealkylation sites (tertiary alicyclic amines) is 1. The lowest BCUT2D eigenvalue weighted by Gasteiger charge is -2.20. The summed E-state index contributed by atoms with van der Waals surface area (Å²) in [5.41, 5.74) is 2.31. The van der Waals surface area contributed by atoms with Gasteiger partial charge in [0.25, 0.3) is 0 Å². The largest absolute Gasteiger partial charge is 0.465 e. The van der Waals surface area contributed by atoms with Crippen molar-refractivity contribution in [2.75, 3.05) is 34.2 Å². The maximum Gasteiger partial charge on any atom is 0.407 e. The Kier molecular flexibility index (Phi) is 5.20. The molecule has 0 spiro atoms. The van der Waals surface area contributed by atoms with Gasteiger partial charge in [-0.05, 0) is 31.6 Å². The Bertz CT molecular complexity index is 473. The van der Waals surface area contributed by atoms with E-state index in [-0.39, 0.29) is 0 Å². The van der Waals surface area contributed by atoms with Crippen LogP contribution in [-0.2, 0) is 13.1 Å². The van der Waals surface area contributed by atoms with Gasteiger partial charge < -0.3 is 14.9 Å². The third kappa shape index (κ3) is 4.44. The van der Waals surface area contributed by atoms with Crippen LogP contribution in [-0.4, -0.2) is 66.2 Å². The molecule has 0 saturated carbocycles. The molecule has 1 aliphatic heterocycles. The van der Waals surface area contributed by atoms with Crippen molar-refractivity contribution in [3.63, 3.8) is 0 Å². The normalized spacial score (nSPS) is 19.1. The van der Waals surface area contributed by atoms with E-state index in [9.17, 15) is 4.79 Å². The van der Waals surface area contributed by atoms with E-state index in [1.165, 1.54) is 16.9 Å². The number of hydrogen-bond donors (Lipinski definition) is 1. The van der Waals surface area contributed by atoms with Crippen molar-refractivity contribution in [1.82, 2.24) is 14.7 Å². The Morgan fingerprint density at radius 2 is 1.86 bits per heavy atom. The molecule has 5 heteroatoms. The second-order valence-electron chi connectivity index (χ2n) is 6.10. The van der Waals surface area contributed by atoms with Crippen LogP contribution in [0.25, 0.3) is 0 Å². The van der Waals surface area contributed by atoms with Gasteiger partial charge >= 0.3 is 6.09 Å². The molecule has 1 fully saturated rings. The molecule has 1 aromatic rings. The first kappa shape index (κ1) is 15.8. The van der Waals surface area contributed by atoms with Crippen LogP contribution in [0.15, 0.2) is 24.3 Å². The molecular formula is C16H25N3O2. The van der Waals surface area contributed by atoms with Gasteiger partial charge in [0.05, 0.1) is 0 Å². The summed E-state index contributed by atoms with van der Waals surface area (Å²) in [7, 11) is 5.87. The molecule has 0 aliphatic carbocycles. The minimum atomic E-state index is -0.897. The van der Waals surface area contributed by atoms with Crippen molar-refractivity contribution >= 4 is 6.09 Å². The third-order valence-corrected chi connectivity index (χ3v) is 4.15. The molecule has 1 saturated heterocycles. The second kappa shape index (κ2) is 6.91. The first-order valence-corrected chi connectivity index (χ1v) is 7.36. The van der Waals surface area contributed by atoms with E-state index in [0.29, 0.717) is 12.6 Å². The molecule has 1 unspecified atom stereocenters. The second-order valence-corrected chi connectivity index (χ2v) is 6.10. The molecule has 21 heavy (non-hydrogen) atoms. The van der Waals surface area contributed by atoms with Crippen molar-refractivity contribution in [2.24, 2.45) is 0 Å². The number of carbonyl (C=O) groups is 1. The fourth-order valence-corrected chi connectivity index (χ4v) is 2.73. The van der Waals surface area contributed by atoms with Crippen molar-refractivity contribution < 1.29 is 9.90 Å². The van der Waals surface area contributed by atoms with Gasteiger partial charge in [0.1, 0.15) is 0 Å².